The topological polar surface area (TPSA) is 67.4 Å². The average Bonchev–Trinajstić information content (AvgIpc) is 3.47. The number of anilines is 2. The zero-order valence-electron chi connectivity index (χ0n) is 14.2. The lowest BCUT2D eigenvalue weighted by atomic mass is 10.1. The van der Waals surface area contributed by atoms with Crippen LogP contribution in [0.25, 0.3) is 0 Å². The summed E-state index contributed by atoms with van der Waals surface area (Å²) in [5.41, 5.74) is 2.48. The molecule has 1 aliphatic carbocycles. The standard InChI is InChI=1S/C20H22N2O3/c1-2-14-5-3-4-6-18(14)25-13-19(23)21-16-9-11-17(12-10-16)22-20(24)15-7-8-15/h3-6,9-12,15H,2,7-8,13H2,1H3,(H,21,23)(H,22,24). The summed E-state index contributed by atoms with van der Waals surface area (Å²) in [7, 11) is 0. The molecule has 130 valence electrons. The van der Waals surface area contributed by atoms with Crippen molar-refractivity contribution in [3.63, 3.8) is 0 Å². The van der Waals surface area contributed by atoms with Crippen LogP contribution in [0.1, 0.15) is 25.3 Å². The molecule has 2 amide bonds. The Kier molecular flexibility index (Phi) is 5.33. The number of nitrogens with one attached hydrogen (secondary N) is 2. The van der Waals surface area contributed by atoms with Crippen molar-refractivity contribution in [1.29, 1.82) is 0 Å². The molecule has 1 saturated carbocycles. The zero-order valence-corrected chi connectivity index (χ0v) is 14.2. The molecule has 0 saturated heterocycles. The highest BCUT2D eigenvalue weighted by molar-refractivity contribution is 5.95. The molecule has 0 aliphatic heterocycles. The number of hydrogen-bond acceptors (Lipinski definition) is 3. The third-order valence-corrected chi connectivity index (χ3v) is 4.10. The van der Waals surface area contributed by atoms with Crippen molar-refractivity contribution in [2.45, 2.75) is 26.2 Å². The molecule has 2 aromatic rings. The number of amides is 2. The number of ether oxygens (including phenoxy) is 1. The molecule has 3 rings (SSSR count). The molecule has 5 nitrogen and oxygen atoms in total. The van der Waals surface area contributed by atoms with Crippen LogP contribution in [0.15, 0.2) is 48.5 Å². The second kappa shape index (κ2) is 7.83. The molecule has 0 atom stereocenters. The molecule has 5 heteroatoms. The quantitative estimate of drug-likeness (QED) is 0.810. The van der Waals surface area contributed by atoms with Crippen LogP contribution < -0.4 is 15.4 Å². The number of rotatable bonds is 7. The van der Waals surface area contributed by atoms with Crippen LogP contribution >= 0.6 is 0 Å². The first kappa shape index (κ1) is 17.0. The summed E-state index contributed by atoms with van der Waals surface area (Å²) < 4.78 is 5.60. The van der Waals surface area contributed by atoms with E-state index in [1.54, 1.807) is 24.3 Å². The summed E-state index contributed by atoms with van der Waals surface area (Å²) in [4.78, 5) is 23.8. The predicted molar refractivity (Wildman–Crippen MR) is 97.7 cm³/mol. The van der Waals surface area contributed by atoms with Crippen LogP contribution in [0.3, 0.4) is 0 Å². The fourth-order valence-electron chi connectivity index (χ4n) is 2.50. The molecule has 25 heavy (non-hydrogen) atoms. The summed E-state index contributed by atoms with van der Waals surface area (Å²) in [5.74, 6) is 0.751. The minimum atomic E-state index is -0.222. The lowest BCUT2D eigenvalue weighted by Gasteiger charge is -2.11. The maximum absolute atomic E-state index is 12.0. The van der Waals surface area contributed by atoms with E-state index in [0.717, 1.165) is 36.3 Å². The van der Waals surface area contributed by atoms with Crippen molar-refractivity contribution in [1.82, 2.24) is 0 Å². The maximum atomic E-state index is 12.0. The van der Waals surface area contributed by atoms with Crippen molar-refractivity contribution >= 4 is 23.2 Å². The summed E-state index contributed by atoms with van der Waals surface area (Å²) in [6.07, 6.45) is 2.80. The van der Waals surface area contributed by atoms with E-state index >= 15 is 0 Å². The molecule has 2 N–H and O–H groups in total. The average molecular weight is 338 g/mol. The molecule has 0 spiro atoms. The van der Waals surface area contributed by atoms with Gasteiger partial charge in [0.05, 0.1) is 0 Å². The first-order valence-corrected chi connectivity index (χ1v) is 8.57. The Hall–Kier alpha value is -2.82. The van der Waals surface area contributed by atoms with Gasteiger partial charge in [0.15, 0.2) is 6.61 Å². The minimum Gasteiger partial charge on any atom is -0.483 e. The third-order valence-electron chi connectivity index (χ3n) is 4.10. The van der Waals surface area contributed by atoms with E-state index < -0.39 is 0 Å². The van der Waals surface area contributed by atoms with Crippen LogP contribution in [-0.4, -0.2) is 18.4 Å². The Morgan fingerprint density at radius 2 is 1.64 bits per heavy atom. The van der Waals surface area contributed by atoms with Crippen molar-refractivity contribution < 1.29 is 14.3 Å². The Balaban J connectivity index is 1.49. The smallest absolute Gasteiger partial charge is 0.262 e. The van der Waals surface area contributed by atoms with Gasteiger partial charge in [-0.1, -0.05) is 25.1 Å². The van der Waals surface area contributed by atoms with E-state index in [9.17, 15) is 9.59 Å². The van der Waals surface area contributed by atoms with E-state index in [1.807, 2.05) is 31.2 Å². The van der Waals surface area contributed by atoms with E-state index in [0.29, 0.717) is 5.69 Å². The van der Waals surface area contributed by atoms with Gasteiger partial charge in [0.2, 0.25) is 5.91 Å². The van der Waals surface area contributed by atoms with Gasteiger partial charge < -0.3 is 15.4 Å². The van der Waals surface area contributed by atoms with E-state index in [1.165, 1.54) is 0 Å². The van der Waals surface area contributed by atoms with Crippen LogP contribution in [0.2, 0.25) is 0 Å². The van der Waals surface area contributed by atoms with E-state index in [-0.39, 0.29) is 24.3 Å². The first-order chi connectivity index (χ1) is 12.2. The monoisotopic (exact) mass is 338 g/mol. The van der Waals surface area contributed by atoms with Crippen LogP contribution in [0, 0.1) is 5.92 Å². The largest absolute Gasteiger partial charge is 0.483 e. The number of hydrogen-bond donors (Lipinski definition) is 2. The van der Waals surface area contributed by atoms with Crippen molar-refractivity contribution in [3.8, 4) is 5.75 Å². The van der Waals surface area contributed by atoms with Gasteiger partial charge in [-0.05, 0) is 55.2 Å². The van der Waals surface area contributed by atoms with Crippen LogP contribution in [0.4, 0.5) is 11.4 Å². The molecule has 1 aliphatic rings. The highest BCUT2D eigenvalue weighted by atomic mass is 16.5. The lowest BCUT2D eigenvalue weighted by molar-refractivity contribution is -0.118. The Bertz CT molecular complexity index is 752. The molecule has 0 aromatic heterocycles. The van der Waals surface area contributed by atoms with E-state index in [4.69, 9.17) is 4.74 Å². The SMILES string of the molecule is CCc1ccccc1OCC(=O)Nc1ccc(NC(=O)C2CC2)cc1. The predicted octanol–water partition coefficient (Wildman–Crippen LogP) is 3.62. The fourth-order valence-corrected chi connectivity index (χ4v) is 2.50. The lowest BCUT2D eigenvalue weighted by Crippen LogP contribution is -2.20. The number of carbonyl (C=O) groups is 2. The van der Waals surface area contributed by atoms with Gasteiger partial charge in [-0.25, -0.2) is 0 Å². The fraction of sp³-hybridized carbons (Fsp3) is 0.300. The van der Waals surface area contributed by atoms with Gasteiger partial charge in [0.1, 0.15) is 5.75 Å². The van der Waals surface area contributed by atoms with Gasteiger partial charge in [0.25, 0.3) is 5.91 Å². The Morgan fingerprint density at radius 1 is 1.00 bits per heavy atom. The van der Waals surface area contributed by atoms with E-state index in [2.05, 4.69) is 10.6 Å². The molecular formula is C20H22N2O3. The van der Waals surface area contributed by atoms with Crippen molar-refractivity contribution in [2.24, 2.45) is 5.92 Å². The highest BCUT2D eigenvalue weighted by Crippen LogP contribution is 2.30. The van der Waals surface area contributed by atoms with Gasteiger partial charge >= 0.3 is 0 Å². The summed E-state index contributed by atoms with van der Waals surface area (Å²) in [5, 5.41) is 5.66. The van der Waals surface area contributed by atoms with Crippen LogP contribution in [-0.2, 0) is 16.0 Å². The molecule has 2 aromatic carbocycles. The molecule has 0 heterocycles. The van der Waals surface area contributed by atoms with Crippen molar-refractivity contribution in [2.75, 3.05) is 17.2 Å². The summed E-state index contributed by atoms with van der Waals surface area (Å²) in [6.45, 7) is 2.00. The summed E-state index contributed by atoms with van der Waals surface area (Å²) in [6, 6.07) is 14.8. The van der Waals surface area contributed by atoms with Gasteiger partial charge in [-0.15, -0.1) is 0 Å². The summed E-state index contributed by atoms with van der Waals surface area (Å²) >= 11 is 0. The minimum absolute atomic E-state index is 0.0445. The highest BCUT2D eigenvalue weighted by Gasteiger charge is 2.29. The van der Waals surface area contributed by atoms with Gasteiger partial charge in [-0.2, -0.15) is 0 Å². The van der Waals surface area contributed by atoms with Gasteiger partial charge in [0, 0.05) is 17.3 Å². The zero-order chi connectivity index (χ0) is 17.6. The number of benzene rings is 2. The van der Waals surface area contributed by atoms with Crippen LogP contribution in [0.5, 0.6) is 5.75 Å². The maximum Gasteiger partial charge on any atom is 0.262 e. The third kappa shape index (κ3) is 4.83. The molecule has 0 radical (unpaired) electrons. The Labute approximate surface area is 147 Å². The molecule has 1 fully saturated rings. The number of para-hydroxylation sites is 1. The molecule has 0 unspecified atom stereocenters. The number of carbonyl (C=O) groups excluding carboxylic acids is 2. The first-order valence-electron chi connectivity index (χ1n) is 8.57. The molecule has 0 bridgehead atoms. The second-order valence-corrected chi connectivity index (χ2v) is 6.14. The normalized spacial score (nSPS) is 13.2. The second-order valence-electron chi connectivity index (χ2n) is 6.14. The Morgan fingerprint density at radius 3 is 2.28 bits per heavy atom. The molecular weight excluding hydrogens is 316 g/mol. The van der Waals surface area contributed by atoms with Gasteiger partial charge in [-0.3, -0.25) is 9.59 Å². The number of aryl methyl sites for hydroxylation is 1. The van der Waals surface area contributed by atoms with Crippen molar-refractivity contribution in [3.05, 3.63) is 54.1 Å².